The molecule has 0 unspecified atom stereocenters. The fourth-order valence-electron chi connectivity index (χ4n) is 3.59. The SMILES string of the molecule is COc1cc(-c2ncn(C)c2-c2ccc3c(Cl)cn(C)c3c2)cc(N)c1OC.Cl. The van der Waals surface area contributed by atoms with Crippen molar-refractivity contribution in [3.05, 3.63) is 47.9 Å². The third-order valence-electron chi connectivity index (χ3n) is 4.93. The van der Waals surface area contributed by atoms with Crippen LogP contribution in [0.25, 0.3) is 33.4 Å². The number of fused-ring (bicyclic) bond motifs is 1. The first-order valence-electron chi connectivity index (χ1n) is 8.72. The van der Waals surface area contributed by atoms with Crippen molar-refractivity contribution in [1.82, 2.24) is 14.1 Å². The largest absolute Gasteiger partial charge is 0.493 e. The maximum atomic E-state index is 6.31. The summed E-state index contributed by atoms with van der Waals surface area (Å²) in [6.07, 6.45) is 3.70. The molecule has 0 saturated heterocycles. The second-order valence-corrected chi connectivity index (χ2v) is 7.08. The Morgan fingerprint density at radius 3 is 2.45 bits per heavy atom. The van der Waals surface area contributed by atoms with Gasteiger partial charge in [0.2, 0.25) is 0 Å². The number of aromatic nitrogens is 3. The molecule has 0 radical (unpaired) electrons. The zero-order valence-electron chi connectivity index (χ0n) is 16.6. The Bertz CT molecular complexity index is 1200. The zero-order valence-corrected chi connectivity index (χ0v) is 18.1. The van der Waals surface area contributed by atoms with E-state index in [-0.39, 0.29) is 12.4 Å². The number of aryl methyl sites for hydroxylation is 2. The summed E-state index contributed by atoms with van der Waals surface area (Å²) in [5.41, 5.74) is 11.4. The van der Waals surface area contributed by atoms with Crippen LogP contribution in [0.4, 0.5) is 5.69 Å². The number of nitrogens with two attached hydrogens (primary N) is 1. The quantitative estimate of drug-likeness (QED) is 0.464. The molecule has 152 valence electrons. The smallest absolute Gasteiger partial charge is 0.183 e. The lowest BCUT2D eigenvalue weighted by atomic mass is 10.0. The van der Waals surface area contributed by atoms with E-state index in [9.17, 15) is 0 Å². The van der Waals surface area contributed by atoms with Gasteiger partial charge < -0.3 is 24.3 Å². The highest BCUT2D eigenvalue weighted by Gasteiger charge is 2.18. The molecule has 0 spiro atoms. The second-order valence-electron chi connectivity index (χ2n) is 6.67. The first-order valence-corrected chi connectivity index (χ1v) is 9.10. The van der Waals surface area contributed by atoms with Gasteiger partial charge in [-0.2, -0.15) is 0 Å². The third kappa shape index (κ3) is 3.39. The molecule has 0 bridgehead atoms. The van der Waals surface area contributed by atoms with Crippen LogP contribution in [0.5, 0.6) is 11.5 Å². The lowest BCUT2D eigenvalue weighted by molar-refractivity contribution is 0.356. The molecule has 0 aliphatic carbocycles. The van der Waals surface area contributed by atoms with Crippen molar-refractivity contribution < 1.29 is 9.47 Å². The van der Waals surface area contributed by atoms with E-state index in [0.717, 1.165) is 38.4 Å². The Kier molecular flexibility index (Phi) is 5.68. The number of hydrogen-bond acceptors (Lipinski definition) is 4. The maximum Gasteiger partial charge on any atom is 0.183 e. The minimum atomic E-state index is 0. The van der Waals surface area contributed by atoms with Gasteiger partial charge in [-0.3, -0.25) is 0 Å². The number of benzene rings is 2. The fourth-order valence-corrected chi connectivity index (χ4v) is 3.90. The van der Waals surface area contributed by atoms with Crippen LogP contribution in [-0.4, -0.2) is 28.3 Å². The van der Waals surface area contributed by atoms with Gasteiger partial charge in [0.25, 0.3) is 0 Å². The van der Waals surface area contributed by atoms with Crippen LogP contribution in [0.2, 0.25) is 5.02 Å². The summed E-state index contributed by atoms with van der Waals surface area (Å²) < 4.78 is 14.8. The minimum absolute atomic E-state index is 0. The van der Waals surface area contributed by atoms with Crippen molar-refractivity contribution in [2.45, 2.75) is 0 Å². The van der Waals surface area contributed by atoms with Crippen LogP contribution in [0.15, 0.2) is 42.9 Å². The average Bonchev–Trinajstić information content (AvgIpc) is 3.20. The third-order valence-corrected chi connectivity index (χ3v) is 5.23. The van der Waals surface area contributed by atoms with Gasteiger partial charge in [0.15, 0.2) is 11.5 Å². The van der Waals surface area contributed by atoms with Crippen LogP contribution in [0.3, 0.4) is 0 Å². The van der Waals surface area contributed by atoms with E-state index in [1.807, 2.05) is 47.6 Å². The van der Waals surface area contributed by atoms with Crippen molar-refractivity contribution in [2.24, 2.45) is 14.1 Å². The lowest BCUT2D eigenvalue weighted by Gasteiger charge is -2.13. The lowest BCUT2D eigenvalue weighted by Crippen LogP contribution is -1.98. The predicted molar refractivity (Wildman–Crippen MR) is 120 cm³/mol. The van der Waals surface area contributed by atoms with E-state index in [0.29, 0.717) is 17.2 Å². The molecule has 8 heteroatoms. The first-order chi connectivity index (χ1) is 13.4. The molecule has 2 N–H and O–H groups in total. The molecular formula is C21H22Cl2N4O2. The summed E-state index contributed by atoms with van der Waals surface area (Å²) in [5.74, 6) is 1.09. The van der Waals surface area contributed by atoms with Crippen molar-refractivity contribution in [3.63, 3.8) is 0 Å². The van der Waals surface area contributed by atoms with E-state index < -0.39 is 0 Å². The number of halogens is 2. The Balaban J connectivity index is 0.00000240. The molecule has 2 heterocycles. The molecule has 4 rings (SSSR count). The van der Waals surface area contributed by atoms with Gasteiger partial charge in [-0.15, -0.1) is 12.4 Å². The highest BCUT2D eigenvalue weighted by atomic mass is 35.5. The van der Waals surface area contributed by atoms with Gasteiger partial charge in [0.1, 0.15) is 0 Å². The van der Waals surface area contributed by atoms with Gasteiger partial charge in [-0.05, 0) is 18.2 Å². The summed E-state index contributed by atoms with van der Waals surface area (Å²) in [6.45, 7) is 0. The number of rotatable bonds is 4. The summed E-state index contributed by atoms with van der Waals surface area (Å²) in [7, 11) is 7.11. The Labute approximate surface area is 180 Å². The van der Waals surface area contributed by atoms with Gasteiger partial charge in [-0.1, -0.05) is 23.7 Å². The molecule has 0 saturated carbocycles. The van der Waals surface area contributed by atoms with Gasteiger partial charge in [-0.25, -0.2) is 4.98 Å². The number of hydrogen-bond donors (Lipinski definition) is 1. The van der Waals surface area contributed by atoms with Crippen molar-refractivity contribution >= 4 is 40.6 Å². The number of nitrogen functional groups attached to an aromatic ring is 1. The molecule has 0 fully saturated rings. The summed E-state index contributed by atoms with van der Waals surface area (Å²) in [4.78, 5) is 4.62. The van der Waals surface area contributed by atoms with E-state index >= 15 is 0 Å². The predicted octanol–water partition coefficient (Wildman–Crippen LogP) is 4.92. The molecule has 0 aliphatic rings. The van der Waals surface area contributed by atoms with Gasteiger partial charge >= 0.3 is 0 Å². The molecule has 29 heavy (non-hydrogen) atoms. The summed E-state index contributed by atoms with van der Waals surface area (Å²) in [5, 5.41) is 1.76. The van der Waals surface area contributed by atoms with Crippen molar-refractivity contribution in [1.29, 1.82) is 0 Å². The molecule has 6 nitrogen and oxygen atoms in total. The highest BCUT2D eigenvalue weighted by molar-refractivity contribution is 6.35. The van der Waals surface area contributed by atoms with Crippen LogP contribution in [0, 0.1) is 0 Å². The first kappa shape index (κ1) is 20.9. The Morgan fingerprint density at radius 2 is 1.76 bits per heavy atom. The highest BCUT2D eigenvalue weighted by Crippen LogP contribution is 2.41. The molecule has 2 aromatic heterocycles. The van der Waals surface area contributed by atoms with Gasteiger partial charge in [0.05, 0.1) is 42.6 Å². The number of imidazole rings is 1. The van der Waals surface area contributed by atoms with Crippen LogP contribution >= 0.6 is 24.0 Å². The second kappa shape index (κ2) is 7.89. The van der Waals surface area contributed by atoms with Crippen molar-refractivity contribution in [3.8, 4) is 34.0 Å². The Morgan fingerprint density at radius 1 is 1.00 bits per heavy atom. The average molecular weight is 433 g/mol. The monoisotopic (exact) mass is 432 g/mol. The molecule has 0 atom stereocenters. The topological polar surface area (TPSA) is 67.2 Å². The summed E-state index contributed by atoms with van der Waals surface area (Å²) in [6, 6.07) is 9.95. The normalized spacial score (nSPS) is 10.8. The van der Waals surface area contributed by atoms with Gasteiger partial charge in [0, 0.05) is 42.3 Å². The van der Waals surface area contributed by atoms with Crippen LogP contribution < -0.4 is 15.2 Å². The number of methoxy groups -OCH3 is 2. The zero-order chi connectivity index (χ0) is 20.0. The molecule has 4 aromatic rings. The van der Waals surface area contributed by atoms with Crippen LogP contribution in [-0.2, 0) is 14.1 Å². The number of ether oxygens (including phenoxy) is 2. The fraction of sp³-hybridized carbons (Fsp3) is 0.190. The molecule has 2 aromatic carbocycles. The van der Waals surface area contributed by atoms with Crippen molar-refractivity contribution in [2.75, 3.05) is 20.0 Å². The molecule has 0 amide bonds. The number of nitrogens with zero attached hydrogens (tertiary/aromatic N) is 3. The van der Waals surface area contributed by atoms with E-state index in [2.05, 4.69) is 17.1 Å². The molecular weight excluding hydrogens is 411 g/mol. The maximum absolute atomic E-state index is 6.31. The van der Waals surface area contributed by atoms with E-state index in [1.54, 1.807) is 20.5 Å². The molecule has 0 aliphatic heterocycles. The summed E-state index contributed by atoms with van der Waals surface area (Å²) >= 11 is 6.31. The minimum Gasteiger partial charge on any atom is -0.493 e. The van der Waals surface area contributed by atoms with E-state index in [1.165, 1.54) is 0 Å². The Hall–Kier alpha value is -2.83. The van der Waals surface area contributed by atoms with E-state index in [4.69, 9.17) is 26.8 Å². The van der Waals surface area contributed by atoms with Crippen LogP contribution in [0.1, 0.15) is 0 Å². The standard InChI is InChI=1S/C21H21ClN4O2.ClH/c1-25-10-15(22)14-6-5-12(8-17(14)25)20-19(24-11-26(20)2)13-7-16(23)21(28-4)18(9-13)27-3;/h5-11H,23H2,1-4H3;1H. The number of anilines is 1.